The smallest absolute Gasteiger partial charge is 0.278 e. The average Bonchev–Trinajstić information content (AvgIpc) is 3.12. The van der Waals surface area contributed by atoms with Crippen LogP contribution in [-0.2, 0) is 22.4 Å². The van der Waals surface area contributed by atoms with Gasteiger partial charge in [0.05, 0.1) is 10.5 Å². The van der Waals surface area contributed by atoms with Crippen molar-refractivity contribution in [2.45, 2.75) is 19.3 Å². The number of anilines is 1. The number of benzene rings is 3. The number of carbonyl (C=O) groups excluding carboxylic acids is 2. The fourth-order valence-electron chi connectivity index (χ4n) is 4.68. The van der Waals surface area contributed by atoms with Gasteiger partial charge in [-0.2, -0.15) is 0 Å². The maximum Gasteiger partial charge on any atom is 0.278 e. The molecule has 3 aromatic carbocycles. The van der Waals surface area contributed by atoms with Crippen LogP contribution in [0.15, 0.2) is 84.6 Å². The lowest BCUT2D eigenvalue weighted by atomic mass is 9.98. The molecule has 0 aromatic heterocycles. The normalized spacial score (nSPS) is 15.6. The monoisotopic (exact) mass is 453 g/mol. The molecule has 0 radical (unpaired) electrons. The molecule has 2 amide bonds. The van der Waals surface area contributed by atoms with Crippen LogP contribution in [0.3, 0.4) is 0 Å². The van der Waals surface area contributed by atoms with Crippen LogP contribution in [0.4, 0.5) is 11.4 Å². The van der Waals surface area contributed by atoms with Crippen molar-refractivity contribution in [1.29, 1.82) is 0 Å². The van der Waals surface area contributed by atoms with Crippen LogP contribution >= 0.6 is 0 Å². The largest absolute Gasteiger partial charge is 0.336 e. The zero-order valence-electron chi connectivity index (χ0n) is 18.5. The first-order chi connectivity index (χ1) is 16.5. The Bertz CT molecular complexity index is 1300. The summed E-state index contributed by atoms with van der Waals surface area (Å²) in [7, 11) is 0. The van der Waals surface area contributed by atoms with E-state index in [0.717, 1.165) is 29.7 Å². The van der Waals surface area contributed by atoms with Gasteiger partial charge < -0.3 is 4.90 Å². The zero-order chi connectivity index (χ0) is 23.7. The van der Waals surface area contributed by atoms with Crippen molar-refractivity contribution in [3.63, 3.8) is 0 Å². The van der Waals surface area contributed by atoms with Crippen LogP contribution in [-0.4, -0.2) is 34.7 Å². The molecule has 2 aliphatic rings. The molecule has 34 heavy (non-hydrogen) atoms. The molecule has 0 spiro atoms. The van der Waals surface area contributed by atoms with Crippen molar-refractivity contribution in [2.75, 3.05) is 18.0 Å². The molecular weight excluding hydrogens is 430 g/mol. The summed E-state index contributed by atoms with van der Waals surface area (Å²) in [6.07, 6.45) is 2.32. The SMILES string of the molecule is O=C1C(c2ccc([N+](=O)[O-])cc2)=C(N2CCCc3ccccc32)C(=O)N1CCc1ccccc1. The zero-order valence-corrected chi connectivity index (χ0v) is 18.5. The summed E-state index contributed by atoms with van der Waals surface area (Å²) >= 11 is 0. The maximum atomic E-state index is 13.7. The third-order valence-electron chi connectivity index (χ3n) is 6.36. The van der Waals surface area contributed by atoms with Gasteiger partial charge in [-0.05, 0) is 54.2 Å². The number of imide groups is 1. The number of nitrogens with zero attached hydrogens (tertiary/aromatic N) is 3. The predicted molar refractivity (Wildman–Crippen MR) is 129 cm³/mol. The third-order valence-corrected chi connectivity index (χ3v) is 6.36. The van der Waals surface area contributed by atoms with Crippen LogP contribution in [0.5, 0.6) is 0 Å². The molecule has 0 saturated heterocycles. The highest BCUT2D eigenvalue weighted by molar-refractivity contribution is 6.36. The summed E-state index contributed by atoms with van der Waals surface area (Å²) in [6, 6.07) is 23.5. The Kier molecular flexibility index (Phi) is 5.67. The fraction of sp³-hybridized carbons (Fsp3) is 0.185. The Labute approximate surface area is 197 Å². The summed E-state index contributed by atoms with van der Waals surface area (Å²) in [5.74, 6) is -0.696. The van der Waals surface area contributed by atoms with Gasteiger partial charge in [-0.1, -0.05) is 48.5 Å². The summed E-state index contributed by atoms with van der Waals surface area (Å²) in [5, 5.41) is 11.1. The van der Waals surface area contributed by atoms with E-state index in [1.54, 1.807) is 12.1 Å². The molecular formula is C27H23N3O4. The van der Waals surface area contributed by atoms with Crippen LogP contribution < -0.4 is 4.90 Å². The molecule has 0 atom stereocenters. The minimum atomic E-state index is -0.478. The second-order valence-electron chi connectivity index (χ2n) is 8.41. The second-order valence-corrected chi connectivity index (χ2v) is 8.41. The maximum absolute atomic E-state index is 13.7. The van der Waals surface area contributed by atoms with Gasteiger partial charge in [-0.3, -0.25) is 24.6 Å². The molecule has 7 nitrogen and oxygen atoms in total. The predicted octanol–water partition coefficient (Wildman–Crippen LogP) is 4.37. The first-order valence-electron chi connectivity index (χ1n) is 11.3. The fourth-order valence-corrected chi connectivity index (χ4v) is 4.68. The molecule has 7 heteroatoms. The molecule has 0 unspecified atom stereocenters. The summed E-state index contributed by atoms with van der Waals surface area (Å²) < 4.78 is 0. The number of hydrogen-bond donors (Lipinski definition) is 0. The summed E-state index contributed by atoms with van der Waals surface area (Å²) in [5.41, 5.74) is 4.18. The molecule has 3 aromatic rings. The van der Waals surface area contributed by atoms with Crippen molar-refractivity contribution in [3.8, 4) is 0 Å². The summed E-state index contributed by atoms with van der Waals surface area (Å²) in [4.78, 5) is 41.2. The molecule has 0 aliphatic carbocycles. The molecule has 2 heterocycles. The molecule has 0 N–H and O–H groups in total. The van der Waals surface area contributed by atoms with E-state index in [-0.39, 0.29) is 24.0 Å². The molecule has 5 rings (SSSR count). The van der Waals surface area contributed by atoms with Crippen LogP contribution in [0.1, 0.15) is 23.1 Å². The van der Waals surface area contributed by atoms with Crippen molar-refractivity contribution in [3.05, 3.63) is 111 Å². The number of para-hydroxylation sites is 1. The van der Waals surface area contributed by atoms with E-state index in [0.29, 0.717) is 29.8 Å². The second kappa shape index (κ2) is 8.94. The molecule has 0 saturated carbocycles. The Hall–Kier alpha value is -4.26. The molecule has 2 aliphatic heterocycles. The number of hydrogen-bond acceptors (Lipinski definition) is 5. The number of amides is 2. The third kappa shape index (κ3) is 3.85. The first-order valence-corrected chi connectivity index (χ1v) is 11.3. The molecule has 0 bridgehead atoms. The van der Waals surface area contributed by atoms with Crippen molar-refractivity contribution < 1.29 is 14.5 Å². The van der Waals surface area contributed by atoms with Gasteiger partial charge in [0.25, 0.3) is 17.5 Å². The van der Waals surface area contributed by atoms with Gasteiger partial charge in [0.1, 0.15) is 5.70 Å². The number of nitro groups is 1. The highest BCUT2D eigenvalue weighted by Gasteiger charge is 2.42. The van der Waals surface area contributed by atoms with E-state index < -0.39 is 4.92 Å². The Morgan fingerprint density at radius 2 is 1.56 bits per heavy atom. The van der Waals surface area contributed by atoms with Gasteiger partial charge in [-0.25, -0.2) is 0 Å². The van der Waals surface area contributed by atoms with Gasteiger partial charge >= 0.3 is 0 Å². The number of carbonyl (C=O) groups is 2. The Balaban J connectivity index is 1.56. The highest BCUT2D eigenvalue weighted by atomic mass is 16.6. The van der Waals surface area contributed by atoms with Gasteiger partial charge in [0.15, 0.2) is 0 Å². The minimum absolute atomic E-state index is 0.0630. The highest BCUT2D eigenvalue weighted by Crippen LogP contribution is 2.38. The van der Waals surface area contributed by atoms with Gasteiger partial charge in [0, 0.05) is 30.9 Å². The van der Waals surface area contributed by atoms with Crippen LogP contribution in [0.2, 0.25) is 0 Å². The van der Waals surface area contributed by atoms with Gasteiger partial charge in [-0.15, -0.1) is 0 Å². The number of aryl methyl sites for hydroxylation is 1. The average molecular weight is 453 g/mol. The molecule has 170 valence electrons. The Morgan fingerprint density at radius 3 is 2.29 bits per heavy atom. The van der Waals surface area contributed by atoms with Crippen molar-refractivity contribution >= 4 is 28.8 Å². The van der Waals surface area contributed by atoms with E-state index in [1.165, 1.54) is 17.0 Å². The van der Waals surface area contributed by atoms with Crippen LogP contribution in [0, 0.1) is 10.1 Å². The molecule has 0 fully saturated rings. The lowest BCUT2D eigenvalue weighted by molar-refractivity contribution is -0.384. The van der Waals surface area contributed by atoms with Crippen molar-refractivity contribution in [1.82, 2.24) is 4.90 Å². The lowest BCUT2D eigenvalue weighted by Gasteiger charge is -2.32. The number of rotatable bonds is 6. The van der Waals surface area contributed by atoms with E-state index in [9.17, 15) is 19.7 Å². The first kappa shape index (κ1) is 21.6. The lowest BCUT2D eigenvalue weighted by Crippen LogP contribution is -2.38. The summed E-state index contributed by atoms with van der Waals surface area (Å²) in [6.45, 7) is 0.880. The van der Waals surface area contributed by atoms with Crippen molar-refractivity contribution in [2.24, 2.45) is 0 Å². The van der Waals surface area contributed by atoms with E-state index in [1.807, 2.05) is 59.5 Å². The number of fused-ring (bicyclic) bond motifs is 1. The topological polar surface area (TPSA) is 83.8 Å². The standard InChI is InChI=1S/C27H23N3O4/c31-26-24(21-12-14-22(15-13-21)30(33)34)25(28-17-6-10-20-9-4-5-11-23(20)28)27(32)29(26)18-16-19-7-2-1-3-8-19/h1-5,7-9,11-15H,6,10,16-18H2. The number of non-ortho nitro benzene ring substituents is 1. The van der Waals surface area contributed by atoms with E-state index in [2.05, 4.69) is 0 Å². The minimum Gasteiger partial charge on any atom is -0.336 e. The number of nitro benzene ring substituents is 1. The van der Waals surface area contributed by atoms with Crippen LogP contribution in [0.25, 0.3) is 5.57 Å². The van der Waals surface area contributed by atoms with E-state index in [4.69, 9.17) is 0 Å². The quantitative estimate of drug-likeness (QED) is 0.314. The van der Waals surface area contributed by atoms with E-state index >= 15 is 0 Å². The Morgan fingerprint density at radius 1 is 0.853 bits per heavy atom. The van der Waals surface area contributed by atoms with Gasteiger partial charge in [0.2, 0.25) is 0 Å².